The van der Waals surface area contributed by atoms with E-state index in [-0.39, 0.29) is 23.9 Å². The van der Waals surface area contributed by atoms with Crippen LogP contribution in [-0.2, 0) is 14.6 Å². The Kier molecular flexibility index (Phi) is 6.51. The maximum atomic E-state index is 12.0. The number of halogens is 1. The number of nitrogens with one attached hydrogen (secondary N) is 2. The quantitative estimate of drug-likeness (QED) is 0.812. The molecule has 1 atom stereocenters. The predicted molar refractivity (Wildman–Crippen MR) is 84.0 cm³/mol. The lowest BCUT2D eigenvalue weighted by atomic mass is 9.77. The SMILES string of the molecule is CC1(C)CCCNC1CNC(=O)C(C)(C)S(C)(=O)=O.Cl. The number of hydrogen-bond acceptors (Lipinski definition) is 4. The van der Waals surface area contributed by atoms with Gasteiger partial charge >= 0.3 is 0 Å². The van der Waals surface area contributed by atoms with Gasteiger partial charge in [-0.1, -0.05) is 13.8 Å². The zero-order chi connectivity index (χ0) is 14.9. The lowest BCUT2D eigenvalue weighted by molar-refractivity contribution is -0.123. The van der Waals surface area contributed by atoms with Crippen molar-refractivity contribution in [2.45, 2.75) is 51.3 Å². The molecule has 0 aliphatic carbocycles. The Morgan fingerprint density at radius 2 is 1.95 bits per heavy atom. The number of piperidine rings is 1. The van der Waals surface area contributed by atoms with Crippen LogP contribution in [0.15, 0.2) is 0 Å². The second-order valence-corrected chi connectivity index (χ2v) is 9.16. The van der Waals surface area contributed by atoms with Crippen LogP contribution in [0.1, 0.15) is 40.5 Å². The summed E-state index contributed by atoms with van der Waals surface area (Å²) in [6.45, 7) is 8.62. The van der Waals surface area contributed by atoms with E-state index >= 15 is 0 Å². The van der Waals surface area contributed by atoms with Gasteiger partial charge in [-0.25, -0.2) is 8.42 Å². The van der Waals surface area contributed by atoms with Crippen LogP contribution in [0.25, 0.3) is 0 Å². The molecule has 1 saturated heterocycles. The van der Waals surface area contributed by atoms with Crippen LogP contribution in [0.2, 0.25) is 0 Å². The molecule has 7 heteroatoms. The molecule has 20 heavy (non-hydrogen) atoms. The fourth-order valence-electron chi connectivity index (χ4n) is 2.20. The largest absolute Gasteiger partial charge is 0.353 e. The van der Waals surface area contributed by atoms with Gasteiger partial charge in [-0.05, 0) is 38.6 Å². The first-order valence-electron chi connectivity index (χ1n) is 6.70. The van der Waals surface area contributed by atoms with Gasteiger partial charge in [-0.15, -0.1) is 12.4 Å². The van der Waals surface area contributed by atoms with Crippen LogP contribution in [0, 0.1) is 5.41 Å². The van der Waals surface area contributed by atoms with Gasteiger partial charge in [0.2, 0.25) is 5.91 Å². The molecule has 1 rings (SSSR count). The first-order valence-corrected chi connectivity index (χ1v) is 8.59. The predicted octanol–water partition coefficient (Wildman–Crippen LogP) is 1.13. The molecule has 0 spiro atoms. The molecule has 1 aliphatic rings. The van der Waals surface area contributed by atoms with Gasteiger partial charge in [0.1, 0.15) is 4.75 Å². The summed E-state index contributed by atoms with van der Waals surface area (Å²) in [6.07, 6.45) is 3.33. The van der Waals surface area contributed by atoms with E-state index in [9.17, 15) is 13.2 Å². The van der Waals surface area contributed by atoms with Crippen molar-refractivity contribution in [1.82, 2.24) is 10.6 Å². The van der Waals surface area contributed by atoms with Crippen molar-refractivity contribution in [2.24, 2.45) is 5.41 Å². The van der Waals surface area contributed by atoms with E-state index in [1.807, 2.05) is 0 Å². The fraction of sp³-hybridized carbons (Fsp3) is 0.923. The van der Waals surface area contributed by atoms with Crippen molar-refractivity contribution in [3.63, 3.8) is 0 Å². The number of amides is 1. The van der Waals surface area contributed by atoms with Gasteiger partial charge in [-0.3, -0.25) is 4.79 Å². The van der Waals surface area contributed by atoms with E-state index in [1.54, 1.807) is 0 Å². The molecule has 0 aromatic rings. The van der Waals surface area contributed by atoms with Gasteiger partial charge < -0.3 is 10.6 Å². The van der Waals surface area contributed by atoms with Crippen LogP contribution in [0.3, 0.4) is 0 Å². The van der Waals surface area contributed by atoms with Crippen LogP contribution in [0.4, 0.5) is 0 Å². The lowest BCUT2D eigenvalue weighted by Crippen LogP contribution is -2.56. The molecule has 0 radical (unpaired) electrons. The smallest absolute Gasteiger partial charge is 0.240 e. The average molecular weight is 327 g/mol. The normalized spacial score (nSPS) is 22.8. The highest BCUT2D eigenvalue weighted by Crippen LogP contribution is 2.29. The first-order chi connectivity index (χ1) is 8.48. The van der Waals surface area contributed by atoms with Crippen molar-refractivity contribution in [2.75, 3.05) is 19.3 Å². The second-order valence-electron chi connectivity index (χ2n) is 6.59. The van der Waals surface area contributed by atoms with Gasteiger partial charge in [0.15, 0.2) is 9.84 Å². The van der Waals surface area contributed by atoms with Crippen LogP contribution in [-0.4, -0.2) is 44.5 Å². The molecule has 1 unspecified atom stereocenters. The fourth-order valence-corrected chi connectivity index (χ4v) is 2.60. The Balaban J connectivity index is 0.00000361. The summed E-state index contributed by atoms with van der Waals surface area (Å²) in [7, 11) is -3.42. The third-order valence-corrected chi connectivity index (χ3v) is 6.31. The molecule has 1 heterocycles. The maximum Gasteiger partial charge on any atom is 0.240 e. The number of sulfone groups is 1. The average Bonchev–Trinajstić information content (AvgIpc) is 2.25. The molecular formula is C13H27ClN2O3S. The second kappa shape index (κ2) is 6.62. The van der Waals surface area contributed by atoms with Gasteiger partial charge in [0.25, 0.3) is 0 Å². The number of carbonyl (C=O) groups excluding carboxylic acids is 1. The zero-order valence-corrected chi connectivity index (χ0v) is 14.6. The van der Waals surface area contributed by atoms with Crippen molar-refractivity contribution >= 4 is 28.2 Å². The number of rotatable bonds is 4. The van der Waals surface area contributed by atoms with Crippen molar-refractivity contribution in [3.8, 4) is 0 Å². The lowest BCUT2D eigenvalue weighted by Gasteiger charge is -2.40. The standard InChI is InChI=1S/C13H26N2O3S.ClH/c1-12(2)7-6-8-14-10(12)9-15-11(16)13(3,4)19(5,17)18;/h10,14H,6-9H2,1-5H3,(H,15,16);1H. The van der Waals surface area contributed by atoms with Crippen molar-refractivity contribution in [3.05, 3.63) is 0 Å². The Morgan fingerprint density at radius 1 is 1.40 bits per heavy atom. The van der Waals surface area contributed by atoms with Crippen molar-refractivity contribution < 1.29 is 13.2 Å². The minimum Gasteiger partial charge on any atom is -0.353 e. The maximum absolute atomic E-state index is 12.0. The Morgan fingerprint density at radius 3 is 2.40 bits per heavy atom. The number of carbonyl (C=O) groups is 1. The van der Waals surface area contributed by atoms with E-state index in [0.717, 1.165) is 25.6 Å². The first kappa shape index (κ1) is 19.7. The molecule has 1 amide bonds. The molecule has 0 saturated carbocycles. The van der Waals surface area contributed by atoms with Crippen molar-refractivity contribution in [1.29, 1.82) is 0 Å². The summed E-state index contributed by atoms with van der Waals surface area (Å²) in [5.74, 6) is -0.432. The summed E-state index contributed by atoms with van der Waals surface area (Å²) in [6, 6.07) is 0.181. The minimum absolute atomic E-state index is 0. The highest BCUT2D eigenvalue weighted by atomic mass is 35.5. The molecule has 1 fully saturated rings. The molecule has 0 aromatic heterocycles. The van der Waals surface area contributed by atoms with E-state index in [4.69, 9.17) is 0 Å². The molecule has 0 bridgehead atoms. The molecule has 120 valence electrons. The van der Waals surface area contributed by atoms with Crippen LogP contribution < -0.4 is 10.6 Å². The van der Waals surface area contributed by atoms with E-state index in [1.165, 1.54) is 13.8 Å². The Bertz CT molecular complexity index is 447. The van der Waals surface area contributed by atoms with Crippen LogP contribution in [0.5, 0.6) is 0 Å². The van der Waals surface area contributed by atoms with E-state index in [0.29, 0.717) is 6.54 Å². The molecule has 2 N–H and O–H groups in total. The number of hydrogen-bond donors (Lipinski definition) is 2. The summed E-state index contributed by atoms with van der Waals surface area (Å²) in [5.41, 5.74) is 0.112. The molecule has 5 nitrogen and oxygen atoms in total. The zero-order valence-electron chi connectivity index (χ0n) is 12.9. The van der Waals surface area contributed by atoms with E-state index < -0.39 is 20.5 Å². The van der Waals surface area contributed by atoms with Crippen LogP contribution >= 0.6 is 12.4 Å². The Labute approximate surface area is 128 Å². The monoisotopic (exact) mass is 326 g/mol. The van der Waals surface area contributed by atoms with E-state index in [2.05, 4.69) is 24.5 Å². The van der Waals surface area contributed by atoms with Gasteiger partial charge in [0, 0.05) is 18.8 Å². The topological polar surface area (TPSA) is 75.3 Å². The third kappa shape index (κ3) is 4.33. The molecular weight excluding hydrogens is 300 g/mol. The molecule has 0 aromatic carbocycles. The highest BCUT2D eigenvalue weighted by Gasteiger charge is 2.39. The van der Waals surface area contributed by atoms with Gasteiger partial charge in [0.05, 0.1) is 0 Å². The third-order valence-electron chi connectivity index (χ3n) is 4.27. The summed E-state index contributed by atoms with van der Waals surface area (Å²) < 4.78 is 21.8. The summed E-state index contributed by atoms with van der Waals surface area (Å²) in [5, 5.41) is 6.16. The molecule has 1 aliphatic heterocycles. The summed E-state index contributed by atoms with van der Waals surface area (Å²) >= 11 is 0. The summed E-state index contributed by atoms with van der Waals surface area (Å²) in [4.78, 5) is 12.0. The van der Waals surface area contributed by atoms with Gasteiger partial charge in [-0.2, -0.15) is 0 Å². The Hall–Kier alpha value is -0.330. The highest BCUT2D eigenvalue weighted by molar-refractivity contribution is 7.92. The minimum atomic E-state index is -3.42.